The van der Waals surface area contributed by atoms with Crippen molar-refractivity contribution in [2.75, 3.05) is 0 Å². The number of aromatic nitrogens is 2. The van der Waals surface area contributed by atoms with Crippen molar-refractivity contribution in [2.24, 2.45) is 0 Å². The van der Waals surface area contributed by atoms with E-state index in [0.717, 1.165) is 24.9 Å². The average Bonchev–Trinajstić information content (AvgIpc) is 3.36. The first-order valence-corrected chi connectivity index (χ1v) is 12.5. The standard InChI is InChI=1S/C29H25N5O4/c1-19-25(28(35)33(29(36)26(19)17-30)23-12-6-3-7-13-23)16-21-18-32(22-10-4-2-5-11-22)31-27(21)20-9-8-14-24(15-20)34(37)38/h2,4-5,8-11,14-16,18,23H,3,6-7,12-13H2,1H3/b25-16+. The van der Waals surface area contributed by atoms with Gasteiger partial charge in [-0.3, -0.25) is 24.6 Å². The minimum Gasteiger partial charge on any atom is -0.271 e. The smallest absolute Gasteiger partial charge is 0.271 e. The minimum absolute atomic E-state index is 0.0474. The Balaban J connectivity index is 1.68. The lowest BCUT2D eigenvalue weighted by Crippen LogP contribution is -2.49. The molecule has 0 radical (unpaired) electrons. The molecule has 38 heavy (non-hydrogen) atoms. The summed E-state index contributed by atoms with van der Waals surface area (Å²) in [7, 11) is 0. The van der Waals surface area contributed by atoms with Gasteiger partial charge in [-0.2, -0.15) is 10.4 Å². The third kappa shape index (κ3) is 4.52. The fourth-order valence-corrected chi connectivity index (χ4v) is 5.12. The number of non-ortho nitro benzene ring substituents is 1. The van der Waals surface area contributed by atoms with E-state index in [4.69, 9.17) is 5.10 Å². The number of amides is 2. The normalized spacial score (nSPS) is 17.7. The highest BCUT2D eigenvalue weighted by Crippen LogP contribution is 2.35. The van der Waals surface area contributed by atoms with Gasteiger partial charge in [0.15, 0.2) is 0 Å². The van der Waals surface area contributed by atoms with Gasteiger partial charge in [0.05, 0.1) is 10.6 Å². The Hall–Kier alpha value is -4.84. The summed E-state index contributed by atoms with van der Waals surface area (Å²) in [6.07, 6.45) is 7.71. The number of benzene rings is 2. The van der Waals surface area contributed by atoms with Crippen LogP contribution in [0.5, 0.6) is 0 Å². The highest BCUT2D eigenvalue weighted by Gasteiger charge is 2.40. The van der Waals surface area contributed by atoms with Crippen molar-refractivity contribution in [1.29, 1.82) is 5.26 Å². The first-order chi connectivity index (χ1) is 18.4. The molecule has 0 bridgehead atoms. The maximum atomic E-state index is 13.8. The number of carbonyl (C=O) groups is 2. The van der Waals surface area contributed by atoms with Crippen LogP contribution >= 0.6 is 0 Å². The number of para-hydroxylation sites is 1. The Labute approximate surface area is 219 Å². The number of nitro benzene ring substituents is 1. The predicted molar refractivity (Wildman–Crippen MR) is 141 cm³/mol. The number of rotatable bonds is 5. The summed E-state index contributed by atoms with van der Waals surface area (Å²) in [5.74, 6) is -0.978. The lowest BCUT2D eigenvalue weighted by Gasteiger charge is -2.36. The highest BCUT2D eigenvalue weighted by atomic mass is 16.6. The molecule has 190 valence electrons. The molecule has 0 unspecified atom stereocenters. The Morgan fingerprint density at radius 3 is 2.47 bits per heavy atom. The lowest BCUT2D eigenvalue weighted by atomic mass is 9.88. The second-order valence-electron chi connectivity index (χ2n) is 9.46. The van der Waals surface area contributed by atoms with Gasteiger partial charge in [0.25, 0.3) is 17.5 Å². The molecule has 1 aromatic heterocycles. The van der Waals surface area contributed by atoms with E-state index in [1.54, 1.807) is 36.0 Å². The molecule has 2 aliphatic rings. The predicted octanol–water partition coefficient (Wildman–Crippen LogP) is 5.37. The molecular formula is C29H25N5O4. The van der Waals surface area contributed by atoms with Crippen LogP contribution in [-0.2, 0) is 9.59 Å². The molecule has 5 rings (SSSR count). The Morgan fingerprint density at radius 1 is 1.05 bits per heavy atom. The third-order valence-corrected chi connectivity index (χ3v) is 7.11. The second kappa shape index (κ2) is 10.3. The molecule has 1 aliphatic carbocycles. The summed E-state index contributed by atoms with van der Waals surface area (Å²) >= 11 is 0. The molecular weight excluding hydrogens is 482 g/mol. The van der Waals surface area contributed by atoms with E-state index in [2.05, 4.69) is 0 Å². The van der Waals surface area contributed by atoms with Crippen molar-refractivity contribution < 1.29 is 14.5 Å². The maximum Gasteiger partial charge on any atom is 0.271 e. The van der Waals surface area contributed by atoms with Crippen LogP contribution in [0.2, 0.25) is 0 Å². The zero-order chi connectivity index (χ0) is 26.8. The van der Waals surface area contributed by atoms with Gasteiger partial charge in [0, 0.05) is 41.1 Å². The van der Waals surface area contributed by atoms with E-state index >= 15 is 0 Å². The van der Waals surface area contributed by atoms with Crippen LogP contribution in [0.25, 0.3) is 23.0 Å². The average molecular weight is 508 g/mol. The van der Waals surface area contributed by atoms with E-state index in [-0.39, 0.29) is 22.9 Å². The fraction of sp³-hybridized carbons (Fsp3) is 0.241. The second-order valence-corrected chi connectivity index (χ2v) is 9.46. The van der Waals surface area contributed by atoms with Gasteiger partial charge >= 0.3 is 0 Å². The highest BCUT2D eigenvalue weighted by molar-refractivity contribution is 6.20. The van der Waals surface area contributed by atoms with Crippen LogP contribution in [-0.4, -0.2) is 37.5 Å². The van der Waals surface area contributed by atoms with Crippen LogP contribution in [0.1, 0.15) is 44.6 Å². The maximum absolute atomic E-state index is 13.8. The van der Waals surface area contributed by atoms with Gasteiger partial charge in [0.2, 0.25) is 0 Å². The largest absolute Gasteiger partial charge is 0.271 e. The quantitative estimate of drug-likeness (QED) is 0.198. The van der Waals surface area contributed by atoms with Gasteiger partial charge in [0.1, 0.15) is 17.3 Å². The Bertz CT molecular complexity index is 1540. The van der Waals surface area contributed by atoms with E-state index < -0.39 is 16.7 Å². The first kappa shape index (κ1) is 24.8. The molecule has 1 saturated carbocycles. The molecule has 1 aliphatic heterocycles. The van der Waals surface area contributed by atoms with Crippen LogP contribution in [0, 0.1) is 21.4 Å². The molecule has 9 heteroatoms. The zero-order valence-electron chi connectivity index (χ0n) is 20.8. The van der Waals surface area contributed by atoms with Crippen LogP contribution in [0.15, 0.2) is 77.5 Å². The molecule has 0 saturated heterocycles. The van der Waals surface area contributed by atoms with Crippen LogP contribution in [0.4, 0.5) is 5.69 Å². The van der Waals surface area contributed by atoms with Crippen molar-refractivity contribution >= 4 is 23.6 Å². The number of carbonyl (C=O) groups excluding carboxylic acids is 2. The molecule has 9 nitrogen and oxygen atoms in total. The monoisotopic (exact) mass is 507 g/mol. The summed E-state index contributed by atoms with van der Waals surface area (Å²) in [4.78, 5) is 39.1. The van der Waals surface area contributed by atoms with Gasteiger partial charge in [-0.15, -0.1) is 0 Å². The zero-order valence-corrected chi connectivity index (χ0v) is 20.8. The molecule has 0 N–H and O–H groups in total. The SMILES string of the molecule is CC1=C(C#N)C(=O)N(C2CCCCC2)C(=O)/C1=C/c1cn(-c2ccccc2)nc1-c1cccc([N+](=O)[O-])c1. The van der Waals surface area contributed by atoms with Crippen LogP contribution in [0.3, 0.4) is 0 Å². The summed E-state index contributed by atoms with van der Waals surface area (Å²) in [5.41, 5.74) is 2.67. The van der Waals surface area contributed by atoms with E-state index in [1.165, 1.54) is 17.0 Å². The summed E-state index contributed by atoms with van der Waals surface area (Å²) in [6, 6.07) is 17.3. The molecule has 0 atom stereocenters. The molecule has 2 aromatic carbocycles. The van der Waals surface area contributed by atoms with Crippen molar-refractivity contribution in [2.45, 2.75) is 45.1 Å². The molecule has 2 amide bonds. The number of hydrogen-bond donors (Lipinski definition) is 0. The van der Waals surface area contributed by atoms with E-state index in [0.29, 0.717) is 35.2 Å². The summed E-state index contributed by atoms with van der Waals surface area (Å²) in [6.45, 7) is 1.60. The number of imide groups is 1. The van der Waals surface area contributed by atoms with E-state index in [1.807, 2.05) is 36.4 Å². The Morgan fingerprint density at radius 2 is 1.79 bits per heavy atom. The molecule has 2 heterocycles. The Kier molecular flexibility index (Phi) is 6.71. The minimum atomic E-state index is -0.544. The lowest BCUT2D eigenvalue weighted by molar-refractivity contribution is -0.384. The molecule has 3 aromatic rings. The van der Waals surface area contributed by atoms with Crippen molar-refractivity contribution in [3.8, 4) is 23.0 Å². The fourth-order valence-electron chi connectivity index (χ4n) is 5.12. The van der Waals surface area contributed by atoms with Gasteiger partial charge in [-0.25, -0.2) is 4.68 Å². The van der Waals surface area contributed by atoms with Gasteiger partial charge < -0.3 is 0 Å². The topological polar surface area (TPSA) is 122 Å². The van der Waals surface area contributed by atoms with Crippen molar-refractivity contribution in [3.05, 3.63) is 93.2 Å². The van der Waals surface area contributed by atoms with Crippen molar-refractivity contribution in [1.82, 2.24) is 14.7 Å². The van der Waals surface area contributed by atoms with E-state index in [9.17, 15) is 25.0 Å². The van der Waals surface area contributed by atoms with Crippen LogP contribution < -0.4 is 0 Å². The third-order valence-electron chi connectivity index (χ3n) is 7.11. The number of nitriles is 1. The summed E-state index contributed by atoms with van der Waals surface area (Å²) in [5, 5.41) is 26.0. The first-order valence-electron chi connectivity index (χ1n) is 12.5. The van der Waals surface area contributed by atoms with Gasteiger partial charge in [-0.1, -0.05) is 49.6 Å². The van der Waals surface area contributed by atoms with Gasteiger partial charge in [-0.05, 0) is 43.5 Å². The number of hydrogen-bond acceptors (Lipinski definition) is 6. The number of nitro groups is 1. The number of nitrogens with zero attached hydrogens (tertiary/aromatic N) is 5. The van der Waals surface area contributed by atoms with Crippen molar-refractivity contribution in [3.63, 3.8) is 0 Å². The summed E-state index contributed by atoms with van der Waals surface area (Å²) < 4.78 is 1.64. The molecule has 0 spiro atoms. The molecule has 1 fully saturated rings.